The first-order valence-corrected chi connectivity index (χ1v) is 11.8. The molecule has 0 atom stereocenters. The van der Waals surface area contributed by atoms with Crippen molar-refractivity contribution in [3.63, 3.8) is 0 Å². The minimum atomic E-state index is -1.08. The molecule has 37 heavy (non-hydrogen) atoms. The summed E-state index contributed by atoms with van der Waals surface area (Å²) in [7, 11) is 0. The van der Waals surface area contributed by atoms with Crippen molar-refractivity contribution in [3.05, 3.63) is 107 Å². The van der Waals surface area contributed by atoms with Crippen molar-refractivity contribution < 1.29 is 31.8 Å². The predicted molar refractivity (Wildman–Crippen MR) is 135 cm³/mol. The van der Waals surface area contributed by atoms with Gasteiger partial charge in [-0.05, 0) is 49.2 Å². The zero-order valence-electron chi connectivity index (χ0n) is 20.5. The Balaban J connectivity index is 1.23. The summed E-state index contributed by atoms with van der Waals surface area (Å²) in [5.74, 6) is -4.57. The molecular weight excluding hydrogens is 484 g/mol. The second-order valence-electron chi connectivity index (χ2n) is 8.52. The van der Waals surface area contributed by atoms with E-state index in [1.807, 2.05) is 38.1 Å². The Morgan fingerprint density at radius 2 is 0.838 bits per heavy atom. The molecule has 192 valence electrons. The SMILES string of the molecule is Cc1ccc(-c2ccc(OCCOCCOc3ccc(-c4ccc(C)cc4)c(F)c3F)c(F)c2F)cc1. The maximum absolute atomic E-state index is 14.5. The first-order valence-electron chi connectivity index (χ1n) is 11.8. The molecule has 0 unspecified atom stereocenters. The van der Waals surface area contributed by atoms with Gasteiger partial charge in [0.15, 0.2) is 23.1 Å². The maximum Gasteiger partial charge on any atom is 0.201 e. The molecule has 0 spiro atoms. The maximum atomic E-state index is 14.5. The van der Waals surface area contributed by atoms with Gasteiger partial charge in [-0.2, -0.15) is 8.78 Å². The van der Waals surface area contributed by atoms with E-state index in [1.165, 1.54) is 24.3 Å². The number of rotatable bonds is 10. The Morgan fingerprint density at radius 3 is 1.22 bits per heavy atom. The highest BCUT2D eigenvalue weighted by molar-refractivity contribution is 5.66. The fraction of sp³-hybridized carbons (Fsp3) is 0.200. The minimum Gasteiger partial charge on any atom is -0.488 e. The second-order valence-corrected chi connectivity index (χ2v) is 8.52. The van der Waals surface area contributed by atoms with Crippen LogP contribution in [-0.2, 0) is 4.74 Å². The van der Waals surface area contributed by atoms with Gasteiger partial charge in [0.1, 0.15) is 13.2 Å². The van der Waals surface area contributed by atoms with Gasteiger partial charge < -0.3 is 14.2 Å². The highest BCUT2D eigenvalue weighted by Gasteiger charge is 2.17. The van der Waals surface area contributed by atoms with Crippen molar-refractivity contribution in [2.75, 3.05) is 26.4 Å². The molecule has 3 nitrogen and oxygen atoms in total. The molecule has 0 bridgehead atoms. The molecule has 0 aliphatic heterocycles. The Labute approximate surface area is 213 Å². The lowest BCUT2D eigenvalue weighted by Gasteiger charge is -2.12. The second kappa shape index (κ2) is 11.9. The quantitative estimate of drug-likeness (QED) is 0.162. The van der Waals surface area contributed by atoms with Crippen LogP contribution in [0.3, 0.4) is 0 Å². The number of halogens is 4. The third-order valence-electron chi connectivity index (χ3n) is 5.79. The predicted octanol–water partition coefficient (Wildman–Crippen LogP) is 7.67. The van der Waals surface area contributed by atoms with E-state index in [9.17, 15) is 17.6 Å². The molecule has 0 radical (unpaired) electrons. The van der Waals surface area contributed by atoms with Crippen LogP contribution >= 0.6 is 0 Å². The molecule has 0 amide bonds. The van der Waals surface area contributed by atoms with Crippen LogP contribution in [0, 0.1) is 37.1 Å². The molecular formula is C30H26F4O3. The normalized spacial score (nSPS) is 11.0. The molecule has 7 heteroatoms. The lowest BCUT2D eigenvalue weighted by Crippen LogP contribution is -2.13. The van der Waals surface area contributed by atoms with E-state index in [0.29, 0.717) is 11.1 Å². The summed E-state index contributed by atoms with van der Waals surface area (Å²) in [6.45, 7) is 3.88. The van der Waals surface area contributed by atoms with Gasteiger partial charge in [0.2, 0.25) is 11.6 Å². The standard InChI is InChI=1S/C30H26F4O3/c1-19-3-7-21(8-4-19)23-11-13-25(29(33)27(23)31)36-17-15-35-16-18-37-26-14-12-24(28(32)30(26)34)22-9-5-20(2)6-10-22/h3-14H,15-18H2,1-2H3. The minimum absolute atomic E-state index is 0.0333. The van der Waals surface area contributed by atoms with E-state index in [4.69, 9.17) is 14.2 Å². The third kappa shape index (κ3) is 6.30. The smallest absolute Gasteiger partial charge is 0.201 e. The number of hydrogen-bond donors (Lipinski definition) is 0. The third-order valence-corrected chi connectivity index (χ3v) is 5.79. The Bertz CT molecular complexity index is 1250. The molecule has 0 N–H and O–H groups in total. The largest absolute Gasteiger partial charge is 0.488 e. The van der Waals surface area contributed by atoms with Crippen LogP contribution in [0.2, 0.25) is 0 Å². The fourth-order valence-electron chi connectivity index (χ4n) is 3.72. The van der Waals surface area contributed by atoms with Crippen LogP contribution < -0.4 is 9.47 Å². The molecule has 0 aliphatic rings. The summed E-state index contributed by atoms with van der Waals surface area (Å²) in [5, 5.41) is 0. The molecule has 0 saturated carbocycles. The van der Waals surface area contributed by atoms with Gasteiger partial charge in [-0.25, -0.2) is 8.78 Å². The van der Waals surface area contributed by atoms with Gasteiger partial charge in [0.25, 0.3) is 0 Å². The van der Waals surface area contributed by atoms with Gasteiger partial charge in [-0.15, -0.1) is 0 Å². The van der Waals surface area contributed by atoms with Crippen LogP contribution in [0.25, 0.3) is 22.3 Å². The zero-order valence-corrected chi connectivity index (χ0v) is 20.5. The van der Waals surface area contributed by atoms with Crippen molar-refractivity contribution in [1.29, 1.82) is 0 Å². The van der Waals surface area contributed by atoms with Gasteiger partial charge in [-0.1, -0.05) is 59.7 Å². The number of benzene rings is 4. The lowest BCUT2D eigenvalue weighted by atomic mass is 10.0. The van der Waals surface area contributed by atoms with Crippen molar-refractivity contribution in [2.45, 2.75) is 13.8 Å². The van der Waals surface area contributed by atoms with E-state index in [0.717, 1.165) is 11.1 Å². The Kier molecular flexibility index (Phi) is 8.46. The van der Waals surface area contributed by atoms with E-state index in [2.05, 4.69) is 0 Å². The molecule has 4 aromatic rings. The summed E-state index contributed by atoms with van der Waals surface area (Å²) >= 11 is 0. The van der Waals surface area contributed by atoms with Gasteiger partial charge in [-0.3, -0.25) is 0 Å². The monoisotopic (exact) mass is 510 g/mol. The van der Waals surface area contributed by atoms with Crippen LogP contribution in [-0.4, -0.2) is 26.4 Å². The highest BCUT2D eigenvalue weighted by atomic mass is 19.2. The van der Waals surface area contributed by atoms with E-state index in [-0.39, 0.29) is 49.1 Å². The van der Waals surface area contributed by atoms with Crippen molar-refractivity contribution in [3.8, 4) is 33.8 Å². The number of hydrogen-bond acceptors (Lipinski definition) is 3. The van der Waals surface area contributed by atoms with Crippen LogP contribution in [0.1, 0.15) is 11.1 Å². The fourth-order valence-corrected chi connectivity index (χ4v) is 3.72. The number of ether oxygens (including phenoxy) is 3. The first-order chi connectivity index (χ1) is 17.8. The molecule has 0 aromatic heterocycles. The topological polar surface area (TPSA) is 27.7 Å². The van der Waals surface area contributed by atoms with Gasteiger partial charge in [0, 0.05) is 11.1 Å². The van der Waals surface area contributed by atoms with Crippen molar-refractivity contribution in [2.24, 2.45) is 0 Å². The molecule has 4 aromatic carbocycles. The molecule has 0 fully saturated rings. The van der Waals surface area contributed by atoms with E-state index < -0.39 is 23.3 Å². The van der Waals surface area contributed by atoms with Crippen molar-refractivity contribution in [1.82, 2.24) is 0 Å². The first kappa shape index (κ1) is 26.2. The van der Waals surface area contributed by atoms with Gasteiger partial charge >= 0.3 is 0 Å². The number of aryl methyl sites for hydroxylation is 2. The van der Waals surface area contributed by atoms with Crippen LogP contribution in [0.4, 0.5) is 17.6 Å². The summed E-state index contributed by atoms with van der Waals surface area (Å²) in [6, 6.07) is 19.9. The van der Waals surface area contributed by atoms with E-state index >= 15 is 0 Å². The molecule has 0 saturated heterocycles. The van der Waals surface area contributed by atoms with Crippen LogP contribution in [0.15, 0.2) is 72.8 Å². The summed E-state index contributed by atoms with van der Waals surface area (Å²) in [5.41, 5.74) is 3.46. The molecule has 0 aliphatic carbocycles. The molecule has 0 heterocycles. The Morgan fingerprint density at radius 1 is 0.459 bits per heavy atom. The lowest BCUT2D eigenvalue weighted by molar-refractivity contribution is 0.0741. The zero-order chi connectivity index (χ0) is 26.4. The Hall–Kier alpha value is -3.84. The average molecular weight is 511 g/mol. The van der Waals surface area contributed by atoms with Crippen molar-refractivity contribution >= 4 is 0 Å². The van der Waals surface area contributed by atoms with Gasteiger partial charge in [0.05, 0.1) is 13.2 Å². The average Bonchev–Trinajstić information content (AvgIpc) is 2.90. The van der Waals surface area contributed by atoms with Crippen LogP contribution in [0.5, 0.6) is 11.5 Å². The molecule has 4 rings (SSSR count). The van der Waals surface area contributed by atoms with E-state index in [1.54, 1.807) is 24.3 Å². The summed E-state index contributed by atoms with van der Waals surface area (Å²) < 4.78 is 73.9. The summed E-state index contributed by atoms with van der Waals surface area (Å²) in [6.07, 6.45) is 0. The summed E-state index contributed by atoms with van der Waals surface area (Å²) in [4.78, 5) is 0. The highest BCUT2D eigenvalue weighted by Crippen LogP contribution is 2.31.